The van der Waals surface area contributed by atoms with Crippen molar-refractivity contribution in [3.63, 3.8) is 0 Å². The van der Waals surface area contributed by atoms with Gasteiger partial charge in [0, 0.05) is 16.7 Å². The summed E-state index contributed by atoms with van der Waals surface area (Å²) >= 11 is 1.57. The zero-order valence-corrected chi connectivity index (χ0v) is 12.6. The van der Waals surface area contributed by atoms with E-state index >= 15 is 0 Å². The lowest BCUT2D eigenvalue weighted by atomic mass is 9.89. The van der Waals surface area contributed by atoms with E-state index < -0.39 is 0 Å². The number of carbonyl (C=O) groups is 1. The van der Waals surface area contributed by atoms with Gasteiger partial charge in [-0.2, -0.15) is 0 Å². The average molecular weight is 279 g/mol. The van der Waals surface area contributed by atoms with Crippen molar-refractivity contribution in [3.05, 3.63) is 21.9 Å². The van der Waals surface area contributed by atoms with Crippen molar-refractivity contribution < 1.29 is 9.90 Å². The van der Waals surface area contributed by atoms with E-state index in [2.05, 4.69) is 17.2 Å². The number of hydrogen-bond donors (Lipinski definition) is 2. The summed E-state index contributed by atoms with van der Waals surface area (Å²) in [4.78, 5) is 14.0. The highest BCUT2D eigenvalue weighted by atomic mass is 32.1. The van der Waals surface area contributed by atoms with E-state index in [1.165, 1.54) is 0 Å². The van der Waals surface area contributed by atoms with Crippen LogP contribution in [0.25, 0.3) is 0 Å². The third kappa shape index (κ3) is 5.06. The van der Waals surface area contributed by atoms with Crippen LogP contribution in [-0.2, 0) is 11.3 Å². The molecule has 0 atom stereocenters. The molecule has 104 valence electrons. The summed E-state index contributed by atoms with van der Waals surface area (Å²) < 4.78 is 0. The van der Waals surface area contributed by atoms with Crippen molar-refractivity contribution in [2.45, 2.75) is 40.2 Å². The number of hydrogen-bond acceptors (Lipinski definition) is 3. The number of thiophene rings is 1. The first-order chi connectivity index (χ1) is 8.99. The van der Waals surface area contributed by atoms with Crippen molar-refractivity contribution in [1.82, 2.24) is 5.32 Å². The van der Waals surface area contributed by atoms with Crippen molar-refractivity contribution in [2.24, 2.45) is 5.41 Å². The topological polar surface area (TPSA) is 49.3 Å². The predicted octanol–water partition coefficient (Wildman–Crippen LogP) is 2.53. The molecule has 1 aromatic rings. The third-order valence-corrected chi connectivity index (χ3v) is 4.03. The Morgan fingerprint density at radius 1 is 1.47 bits per heavy atom. The molecular formula is C15H21NO2S. The minimum absolute atomic E-state index is 0.0799. The molecule has 1 aromatic heterocycles. The van der Waals surface area contributed by atoms with E-state index in [-0.39, 0.29) is 17.9 Å². The van der Waals surface area contributed by atoms with Gasteiger partial charge in [0.1, 0.15) is 0 Å². The zero-order valence-electron chi connectivity index (χ0n) is 11.7. The molecule has 0 aliphatic rings. The number of rotatable bonds is 5. The summed E-state index contributed by atoms with van der Waals surface area (Å²) in [6.45, 7) is 6.55. The quantitative estimate of drug-likeness (QED) is 0.814. The van der Waals surface area contributed by atoms with Gasteiger partial charge in [-0.1, -0.05) is 32.6 Å². The number of amides is 1. The second kappa shape index (κ2) is 7.32. The molecule has 0 radical (unpaired) electrons. The molecule has 0 bridgehead atoms. The fourth-order valence-electron chi connectivity index (χ4n) is 1.31. The Balaban J connectivity index is 2.52. The monoisotopic (exact) mass is 279 g/mol. The second-order valence-corrected chi connectivity index (χ2v) is 6.13. The van der Waals surface area contributed by atoms with Crippen molar-refractivity contribution in [3.8, 4) is 11.8 Å². The lowest BCUT2D eigenvalue weighted by Crippen LogP contribution is -2.35. The lowest BCUT2D eigenvalue weighted by Gasteiger charge is -2.21. The van der Waals surface area contributed by atoms with Crippen LogP contribution in [0.15, 0.2) is 12.1 Å². The van der Waals surface area contributed by atoms with Crippen molar-refractivity contribution >= 4 is 17.2 Å². The molecule has 0 fully saturated rings. The highest BCUT2D eigenvalue weighted by Crippen LogP contribution is 2.20. The van der Waals surface area contributed by atoms with E-state index in [1.807, 2.05) is 32.9 Å². The van der Waals surface area contributed by atoms with Gasteiger partial charge < -0.3 is 10.4 Å². The first kappa shape index (κ1) is 15.7. The maximum atomic E-state index is 11.9. The molecular weight excluding hydrogens is 258 g/mol. The Bertz CT molecular complexity index is 480. The van der Waals surface area contributed by atoms with Gasteiger partial charge in [0.05, 0.1) is 18.0 Å². The minimum Gasteiger partial charge on any atom is -0.395 e. The lowest BCUT2D eigenvalue weighted by molar-refractivity contribution is -0.129. The molecule has 0 spiro atoms. The summed E-state index contributed by atoms with van der Waals surface area (Å²) in [6.07, 6.45) is 1.32. The molecule has 0 aliphatic carbocycles. The van der Waals surface area contributed by atoms with Crippen LogP contribution < -0.4 is 5.32 Å². The summed E-state index contributed by atoms with van der Waals surface area (Å²) in [6, 6.07) is 3.92. The Morgan fingerprint density at radius 3 is 2.84 bits per heavy atom. The van der Waals surface area contributed by atoms with E-state index in [9.17, 15) is 4.79 Å². The summed E-state index contributed by atoms with van der Waals surface area (Å²) in [5, 5.41) is 11.6. The molecule has 19 heavy (non-hydrogen) atoms. The van der Waals surface area contributed by atoms with Crippen molar-refractivity contribution in [1.29, 1.82) is 0 Å². The Kier molecular flexibility index (Phi) is 6.07. The molecule has 0 saturated heterocycles. The molecule has 0 aliphatic heterocycles. The van der Waals surface area contributed by atoms with Crippen LogP contribution in [0.5, 0.6) is 0 Å². The Morgan fingerprint density at radius 2 is 2.21 bits per heavy atom. The van der Waals surface area contributed by atoms with Crippen LogP contribution in [0.3, 0.4) is 0 Å². The van der Waals surface area contributed by atoms with Crippen LogP contribution in [0, 0.1) is 17.3 Å². The smallest absolute Gasteiger partial charge is 0.225 e. The first-order valence-corrected chi connectivity index (χ1v) is 7.28. The van der Waals surface area contributed by atoms with Crippen molar-refractivity contribution in [2.75, 3.05) is 6.61 Å². The van der Waals surface area contributed by atoms with Crippen LogP contribution in [0.4, 0.5) is 0 Å². The average Bonchev–Trinajstić information content (AvgIpc) is 2.84. The van der Waals surface area contributed by atoms with Crippen LogP contribution in [0.1, 0.15) is 43.4 Å². The van der Waals surface area contributed by atoms with Gasteiger partial charge in [-0.3, -0.25) is 4.79 Å². The van der Waals surface area contributed by atoms with Gasteiger partial charge in [-0.25, -0.2) is 0 Å². The molecule has 0 aromatic carbocycles. The van der Waals surface area contributed by atoms with Gasteiger partial charge in [0.2, 0.25) is 5.91 Å². The molecule has 1 rings (SSSR count). The van der Waals surface area contributed by atoms with E-state index in [1.54, 1.807) is 11.3 Å². The maximum absolute atomic E-state index is 11.9. The molecule has 0 unspecified atom stereocenters. The predicted molar refractivity (Wildman–Crippen MR) is 78.8 cm³/mol. The standard InChI is InChI=1S/C15H21NO2S/c1-4-15(2,3)14(18)16-11-13-9-8-12(19-13)7-5-6-10-17/h8-9,17H,4,6,10-11H2,1-3H3,(H,16,18). The third-order valence-electron chi connectivity index (χ3n) is 3.03. The molecule has 1 amide bonds. The van der Waals surface area contributed by atoms with E-state index in [4.69, 9.17) is 5.11 Å². The van der Waals surface area contributed by atoms with Gasteiger partial charge >= 0.3 is 0 Å². The largest absolute Gasteiger partial charge is 0.395 e. The van der Waals surface area contributed by atoms with Gasteiger partial charge in [0.15, 0.2) is 0 Å². The van der Waals surface area contributed by atoms with Crippen LogP contribution >= 0.6 is 11.3 Å². The fourth-order valence-corrected chi connectivity index (χ4v) is 2.14. The fraction of sp³-hybridized carbons (Fsp3) is 0.533. The Hall–Kier alpha value is -1.31. The second-order valence-electron chi connectivity index (χ2n) is 4.96. The highest BCUT2D eigenvalue weighted by molar-refractivity contribution is 7.12. The summed E-state index contributed by atoms with van der Waals surface area (Å²) in [7, 11) is 0. The summed E-state index contributed by atoms with van der Waals surface area (Å²) in [5.74, 6) is 5.96. The molecule has 3 nitrogen and oxygen atoms in total. The molecule has 2 N–H and O–H groups in total. The SMILES string of the molecule is CCC(C)(C)C(=O)NCc1ccc(C#CCCO)s1. The Labute approximate surface area is 119 Å². The van der Waals surface area contributed by atoms with E-state index in [0.29, 0.717) is 13.0 Å². The number of carbonyl (C=O) groups excluding carboxylic acids is 1. The van der Waals surface area contributed by atoms with Gasteiger partial charge in [-0.15, -0.1) is 11.3 Å². The number of nitrogens with one attached hydrogen (secondary N) is 1. The van der Waals surface area contributed by atoms with E-state index in [0.717, 1.165) is 16.2 Å². The molecule has 1 heterocycles. The number of aliphatic hydroxyl groups is 1. The number of aliphatic hydroxyl groups excluding tert-OH is 1. The maximum Gasteiger partial charge on any atom is 0.225 e. The van der Waals surface area contributed by atoms with Gasteiger partial charge in [-0.05, 0) is 18.6 Å². The minimum atomic E-state index is -0.318. The van der Waals surface area contributed by atoms with Crippen LogP contribution in [-0.4, -0.2) is 17.6 Å². The molecule has 0 saturated carbocycles. The zero-order chi connectivity index (χ0) is 14.3. The highest BCUT2D eigenvalue weighted by Gasteiger charge is 2.24. The first-order valence-electron chi connectivity index (χ1n) is 6.46. The normalized spacial score (nSPS) is 10.7. The molecule has 4 heteroatoms. The summed E-state index contributed by atoms with van der Waals surface area (Å²) in [5.41, 5.74) is -0.318. The van der Waals surface area contributed by atoms with Gasteiger partial charge in [0.25, 0.3) is 0 Å². The van der Waals surface area contributed by atoms with Crippen LogP contribution in [0.2, 0.25) is 0 Å².